The van der Waals surface area contributed by atoms with Gasteiger partial charge in [0.1, 0.15) is 0 Å². The summed E-state index contributed by atoms with van der Waals surface area (Å²) in [6.45, 7) is 2.60. The van der Waals surface area contributed by atoms with Crippen LogP contribution in [0.3, 0.4) is 0 Å². The molecule has 0 spiro atoms. The highest BCUT2D eigenvalue weighted by Crippen LogP contribution is 2.29. The van der Waals surface area contributed by atoms with Crippen LogP contribution in [0.4, 0.5) is 0 Å². The Balaban J connectivity index is 2.07. The number of aryl methyl sites for hydroxylation is 1. The van der Waals surface area contributed by atoms with Gasteiger partial charge in [-0.25, -0.2) is 4.98 Å². The Bertz CT molecular complexity index is 377. The van der Waals surface area contributed by atoms with E-state index < -0.39 is 0 Å². The molecule has 2 rings (SSSR count). The van der Waals surface area contributed by atoms with Crippen LogP contribution < -0.4 is 4.74 Å². The molecule has 1 fully saturated rings. The Kier molecular flexibility index (Phi) is 2.36. The molecule has 1 heterocycles. The molecule has 1 aromatic rings. The number of nitrogens with zero attached hydrogens (tertiary/aromatic N) is 2. The van der Waals surface area contributed by atoms with Crippen LogP contribution in [0.1, 0.15) is 24.1 Å². The van der Waals surface area contributed by atoms with E-state index >= 15 is 0 Å². The predicted molar refractivity (Wildman–Crippen MR) is 51.9 cm³/mol. The minimum Gasteiger partial charge on any atom is -0.477 e. The zero-order chi connectivity index (χ0) is 9.97. The lowest BCUT2D eigenvalue weighted by atomic mass is 10.2. The van der Waals surface area contributed by atoms with Gasteiger partial charge in [-0.15, -0.1) is 0 Å². The van der Waals surface area contributed by atoms with Crippen LogP contribution in [0, 0.1) is 24.2 Å². The van der Waals surface area contributed by atoms with Gasteiger partial charge in [-0.05, 0) is 31.7 Å². The van der Waals surface area contributed by atoms with Crippen LogP contribution in [0.15, 0.2) is 12.1 Å². The van der Waals surface area contributed by atoms with Crippen molar-refractivity contribution in [3.63, 3.8) is 0 Å². The third kappa shape index (κ3) is 2.23. The number of nitriles is 1. The first-order valence-electron chi connectivity index (χ1n) is 4.79. The molecule has 0 unspecified atom stereocenters. The molecule has 1 aromatic heterocycles. The molecule has 1 aliphatic rings. The quantitative estimate of drug-likeness (QED) is 0.729. The molecule has 0 aliphatic heterocycles. The minimum absolute atomic E-state index is 0.577. The summed E-state index contributed by atoms with van der Waals surface area (Å²) in [5, 5.41) is 8.74. The van der Waals surface area contributed by atoms with Gasteiger partial charge < -0.3 is 4.74 Å². The number of rotatable bonds is 3. The molecule has 0 atom stereocenters. The van der Waals surface area contributed by atoms with Crippen LogP contribution in [0.5, 0.6) is 5.88 Å². The number of pyridine rings is 1. The second kappa shape index (κ2) is 3.67. The van der Waals surface area contributed by atoms with Crippen molar-refractivity contribution in [2.45, 2.75) is 19.8 Å². The van der Waals surface area contributed by atoms with Gasteiger partial charge in [0.15, 0.2) is 0 Å². The lowest BCUT2D eigenvalue weighted by Gasteiger charge is -2.04. The van der Waals surface area contributed by atoms with E-state index in [1.165, 1.54) is 12.8 Å². The lowest BCUT2D eigenvalue weighted by molar-refractivity contribution is 0.288. The second-order valence-corrected chi connectivity index (χ2v) is 3.70. The van der Waals surface area contributed by atoms with Crippen molar-refractivity contribution in [2.24, 2.45) is 5.92 Å². The Morgan fingerprint density at radius 1 is 1.57 bits per heavy atom. The summed E-state index contributed by atoms with van der Waals surface area (Å²) in [6.07, 6.45) is 2.52. The summed E-state index contributed by atoms with van der Waals surface area (Å²) in [7, 11) is 0. The minimum atomic E-state index is 0.577. The van der Waals surface area contributed by atoms with Gasteiger partial charge in [0, 0.05) is 11.8 Å². The van der Waals surface area contributed by atoms with Gasteiger partial charge in [0.05, 0.1) is 18.2 Å². The molecule has 0 aromatic carbocycles. The van der Waals surface area contributed by atoms with Crippen molar-refractivity contribution in [1.29, 1.82) is 5.26 Å². The van der Waals surface area contributed by atoms with E-state index in [0.717, 1.165) is 12.3 Å². The lowest BCUT2D eigenvalue weighted by Crippen LogP contribution is -2.01. The molecule has 0 radical (unpaired) electrons. The Morgan fingerprint density at radius 2 is 2.36 bits per heavy atom. The largest absolute Gasteiger partial charge is 0.477 e. The highest BCUT2D eigenvalue weighted by molar-refractivity contribution is 5.34. The van der Waals surface area contributed by atoms with Crippen molar-refractivity contribution in [1.82, 2.24) is 4.98 Å². The van der Waals surface area contributed by atoms with Crippen LogP contribution in [-0.2, 0) is 0 Å². The average Bonchev–Trinajstić information content (AvgIpc) is 2.97. The smallest absolute Gasteiger partial charge is 0.214 e. The maximum absolute atomic E-state index is 8.74. The van der Waals surface area contributed by atoms with Gasteiger partial charge in [-0.1, -0.05) is 0 Å². The zero-order valence-electron chi connectivity index (χ0n) is 8.16. The summed E-state index contributed by atoms with van der Waals surface area (Å²) in [5.74, 6) is 1.29. The fourth-order valence-electron chi connectivity index (χ4n) is 1.26. The van der Waals surface area contributed by atoms with Gasteiger partial charge >= 0.3 is 0 Å². The fraction of sp³-hybridized carbons (Fsp3) is 0.455. The molecular weight excluding hydrogens is 176 g/mol. The van der Waals surface area contributed by atoms with Crippen LogP contribution >= 0.6 is 0 Å². The normalized spacial score (nSPS) is 14.9. The number of ether oxygens (including phenoxy) is 1. The zero-order valence-corrected chi connectivity index (χ0v) is 8.16. The van der Waals surface area contributed by atoms with E-state index in [9.17, 15) is 0 Å². The van der Waals surface area contributed by atoms with Crippen LogP contribution in [0.2, 0.25) is 0 Å². The molecule has 0 N–H and O–H groups in total. The Labute approximate surface area is 83.3 Å². The molecule has 3 heteroatoms. The first-order chi connectivity index (χ1) is 6.78. The highest BCUT2D eigenvalue weighted by atomic mass is 16.5. The monoisotopic (exact) mass is 188 g/mol. The first kappa shape index (κ1) is 9.01. The first-order valence-corrected chi connectivity index (χ1v) is 4.79. The van der Waals surface area contributed by atoms with Gasteiger partial charge in [-0.3, -0.25) is 0 Å². The molecular formula is C11H12N2O. The summed E-state index contributed by atoms with van der Waals surface area (Å²) in [5.41, 5.74) is 1.44. The van der Waals surface area contributed by atoms with E-state index in [-0.39, 0.29) is 0 Å². The molecule has 14 heavy (non-hydrogen) atoms. The molecule has 1 aliphatic carbocycles. The number of hydrogen-bond donors (Lipinski definition) is 0. The molecule has 3 nitrogen and oxygen atoms in total. The molecule has 1 saturated carbocycles. The van der Waals surface area contributed by atoms with Crippen LogP contribution in [-0.4, -0.2) is 11.6 Å². The van der Waals surface area contributed by atoms with E-state index in [4.69, 9.17) is 10.00 Å². The van der Waals surface area contributed by atoms with Gasteiger partial charge in [-0.2, -0.15) is 5.26 Å². The summed E-state index contributed by atoms with van der Waals surface area (Å²) in [4.78, 5) is 4.21. The van der Waals surface area contributed by atoms with Crippen molar-refractivity contribution in [2.75, 3.05) is 6.61 Å². The Hall–Kier alpha value is -1.56. The maximum Gasteiger partial charge on any atom is 0.214 e. The standard InChI is InChI=1S/C11H12N2O/c1-8-4-10(6-12)5-11(13-8)14-7-9-2-3-9/h4-5,9H,2-3,7H2,1H3. The highest BCUT2D eigenvalue weighted by Gasteiger charge is 2.22. The average molecular weight is 188 g/mol. The van der Waals surface area contributed by atoms with Gasteiger partial charge in [0.25, 0.3) is 0 Å². The van der Waals surface area contributed by atoms with E-state index in [2.05, 4.69) is 11.1 Å². The van der Waals surface area contributed by atoms with E-state index in [1.54, 1.807) is 12.1 Å². The molecule has 0 bridgehead atoms. The third-order valence-electron chi connectivity index (χ3n) is 2.22. The van der Waals surface area contributed by atoms with Crippen LogP contribution in [0.25, 0.3) is 0 Å². The van der Waals surface area contributed by atoms with Crippen molar-refractivity contribution >= 4 is 0 Å². The van der Waals surface area contributed by atoms with Gasteiger partial charge in [0.2, 0.25) is 5.88 Å². The Morgan fingerprint density at radius 3 is 3.00 bits per heavy atom. The van der Waals surface area contributed by atoms with E-state index in [0.29, 0.717) is 17.4 Å². The second-order valence-electron chi connectivity index (χ2n) is 3.70. The maximum atomic E-state index is 8.74. The topological polar surface area (TPSA) is 45.9 Å². The summed E-state index contributed by atoms with van der Waals surface area (Å²) >= 11 is 0. The molecule has 72 valence electrons. The molecule has 0 saturated heterocycles. The number of hydrogen-bond acceptors (Lipinski definition) is 3. The van der Waals surface area contributed by atoms with E-state index in [1.807, 2.05) is 6.92 Å². The molecule has 0 amide bonds. The summed E-state index contributed by atoms with van der Waals surface area (Å²) in [6, 6.07) is 5.54. The number of aromatic nitrogens is 1. The summed E-state index contributed by atoms with van der Waals surface area (Å²) < 4.78 is 5.49. The SMILES string of the molecule is Cc1cc(C#N)cc(OCC2CC2)n1. The predicted octanol–water partition coefficient (Wildman–Crippen LogP) is 2.05. The van der Waals surface area contributed by atoms with Crippen molar-refractivity contribution in [3.05, 3.63) is 23.4 Å². The van der Waals surface area contributed by atoms with Crippen molar-refractivity contribution < 1.29 is 4.74 Å². The fourth-order valence-corrected chi connectivity index (χ4v) is 1.26. The third-order valence-corrected chi connectivity index (χ3v) is 2.22. The van der Waals surface area contributed by atoms with Crippen molar-refractivity contribution in [3.8, 4) is 11.9 Å².